The maximum Gasteiger partial charge on any atom is 0.410 e. The van der Waals surface area contributed by atoms with E-state index in [2.05, 4.69) is 59.9 Å². The normalized spacial score (nSPS) is 32.1. The van der Waals surface area contributed by atoms with Crippen LogP contribution in [-0.2, 0) is 4.74 Å². The fourth-order valence-electron chi connectivity index (χ4n) is 10.7. The number of amides is 1. The van der Waals surface area contributed by atoms with E-state index in [1.54, 1.807) is 5.57 Å². The zero-order chi connectivity index (χ0) is 33.5. The fraction of sp³-hybridized carbons (Fsp3) is 0.925. The van der Waals surface area contributed by atoms with Gasteiger partial charge in [-0.25, -0.2) is 4.79 Å². The van der Waals surface area contributed by atoms with E-state index in [1.165, 1.54) is 51.4 Å². The van der Waals surface area contributed by atoms with Gasteiger partial charge in [-0.05, 0) is 142 Å². The summed E-state index contributed by atoms with van der Waals surface area (Å²) in [5.41, 5.74) is 14.1. The topological polar surface area (TPSA) is 93.6 Å². The summed E-state index contributed by atoms with van der Waals surface area (Å²) in [6.07, 6.45) is 18.7. The van der Waals surface area contributed by atoms with E-state index in [0.29, 0.717) is 31.0 Å². The molecule has 5 N–H and O–H groups in total. The van der Waals surface area contributed by atoms with Crippen molar-refractivity contribution in [3.63, 3.8) is 0 Å². The molecule has 4 aliphatic carbocycles. The molecule has 0 aromatic heterocycles. The van der Waals surface area contributed by atoms with Gasteiger partial charge in [-0.1, -0.05) is 79.4 Å². The van der Waals surface area contributed by atoms with E-state index in [9.17, 15) is 4.79 Å². The van der Waals surface area contributed by atoms with Crippen LogP contribution in [0.2, 0.25) is 0 Å². The summed E-state index contributed by atoms with van der Waals surface area (Å²) in [6, 6.07) is 0. The fourth-order valence-corrected chi connectivity index (χ4v) is 10.7. The maximum absolute atomic E-state index is 13.5. The molecule has 4 rings (SSSR count). The van der Waals surface area contributed by atoms with Crippen LogP contribution in [0.15, 0.2) is 11.6 Å². The summed E-state index contributed by atoms with van der Waals surface area (Å²) in [6.45, 7) is 21.5. The highest BCUT2D eigenvalue weighted by atomic mass is 35.5. The van der Waals surface area contributed by atoms with Crippen molar-refractivity contribution in [1.29, 1.82) is 0 Å². The van der Waals surface area contributed by atoms with Gasteiger partial charge in [-0.2, -0.15) is 0 Å². The Bertz CT molecular complexity index is 1000. The number of fused-ring (bicyclic) bond motifs is 5. The molecule has 3 fully saturated rings. The van der Waals surface area contributed by atoms with Crippen LogP contribution in [-0.4, -0.2) is 56.4 Å². The standard InChI is InChI=1S/C40H74N4O2.3ClH/c1-28(2)11-10-12-31(5)35-15-16-36-34-14-13-32-23-33(17-19-39(32,6)37(34)18-20-40(35,36)7)46-38(45)44(27-30(4)25-42)22-9-8-21-43-26-29(3)24-41;;;/h13,28-31,33-37,43H,8-12,14-27,41-42H2,1-7H3;3*1H/t29?,30?,31-,33+,34+,35-,36+,37+,39+,40-;;;/m1.../s1. The van der Waals surface area contributed by atoms with Crippen LogP contribution in [0.4, 0.5) is 4.79 Å². The average molecular weight is 752 g/mol. The van der Waals surface area contributed by atoms with E-state index < -0.39 is 0 Å². The van der Waals surface area contributed by atoms with Crippen molar-refractivity contribution in [3.05, 3.63) is 11.6 Å². The van der Waals surface area contributed by atoms with E-state index in [0.717, 1.165) is 87.2 Å². The Labute approximate surface area is 320 Å². The minimum Gasteiger partial charge on any atom is -0.446 e. The lowest BCUT2D eigenvalue weighted by Crippen LogP contribution is -2.51. The highest BCUT2D eigenvalue weighted by Gasteiger charge is 2.59. The molecule has 0 bridgehead atoms. The van der Waals surface area contributed by atoms with Gasteiger partial charge in [0.2, 0.25) is 0 Å². The molecule has 6 nitrogen and oxygen atoms in total. The van der Waals surface area contributed by atoms with Crippen LogP contribution in [0, 0.1) is 58.2 Å². The molecule has 49 heavy (non-hydrogen) atoms. The smallest absolute Gasteiger partial charge is 0.410 e. The summed E-state index contributed by atoms with van der Waals surface area (Å²) < 4.78 is 6.30. The molecule has 10 atom stereocenters. The molecule has 9 heteroatoms. The first-order chi connectivity index (χ1) is 21.9. The SMILES string of the molecule is CC(C)CCC[C@@H](C)[C@H]1CC[C@H]2[C@@H]3CC=C4C[C@@H](OC(=O)N(CCCCNCC(C)CN)CC(C)CN)CC[C@]4(C)[C@H]3CC[C@]12C.Cl.Cl.Cl. The number of carbonyl (C=O) groups excluding carboxylic acids is 1. The Kier molecular flexibility index (Phi) is 20.5. The van der Waals surface area contributed by atoms with E-state index in [4.69, 9.17) is 16.2 Å². The molecule has 3 saturated carbocycles. The molecule has 1 amide bonds. The van der Waals surface area contributed by atoms with E-state index >= 15 is 0 Å². The average Bonchev–Trinajstić information content (AvgIpc) is 3.39. The molecular formula is C40H77Cl3N4O2. The molecule has 0 aromatic carbocycles. The Morgan fingerprint density at radius 1 is 0.918 bits per heavy atom. The summed E-state index contributed by atoms with van der Waals surface area (Å²) in [5, 5.41) is 3.50. The van der Waals surface area contributed by atoms with Crippen molar-refractivity contribution in [2.45, 2.75) is 138 Å². The Morgan fingerprint density at radius 3 is 2.31 bits per heavy atom. The molecule has 290 valence electrons. The van der Waals surface area contributed by atoms with Crippen LogP contribution in [0.25, 0.3) is 0 Å². The molecular weight excluding hydrogens is 675 g/mol. The van der Waals surface area contributed by atoms with Crippen LogP contribution in [0.1, 0.15) is 132 Å². The number of allylic oxidation sites excluding steroid dienone is 1. The number of nitrogens with zero attached hydrogens (tertiary/aromatic N) is 1. The monoisotopic (exact) mass is 751 g/mol. The largest absolute Gasteiger partial charge is 0.446 e. The van der Waals surface area contributed by atoms with Gasteiger partial charge < -0.3 is 26.4 Å². The van der Waals surface area contributed by atoms with Crippen LogP contribution in [0.5, 0.6) is 0 Å². The molecule has 0 heterocycles. The third kappa shape index (κ3) is 11.6. The molecule has 0 aromatic rings. The van der Waals surface area contributed by atoms with Gasteiger partial charge in [0.05, 0.1) is 0 Å². The second kappa shape index (κ2) is 21.5. The first-order valence-corrected chi connectivity index (χ1v) is 19.7. The van der Waals surface area contributed by atoms with Crippen molar-refractivity contribution < 1.29 is 9.53 Å². The number of carbonyl (C=O) groups is 1. The van der Waals surface area contributed by atoms with Gasteiger partial charge in [0.15, 0.2) is 0 Å². The highest BCUT2D eigenvalue weighted by Crippen LogP contribution is 2.67. The van der Waals surface area contributed by atoms with Crippen molar-refractivity contribution >= 4 is 43.3 Å². The highest BCUT2D eigenvalue weighted by molar-refractivity contribution is 5.86. The van der Waals surface area contributed by atoms with Crippen LogP contribution >= 0.6 is 37.2 Å². The number of unbranched alkanes of at least 4 members (excludes halogenated alkanes) is 1. The van der Waals surface area contributed by atoms with Crippen LogP contribution < -0.4 is 16.8 Å². The van der Waals surface area contributed by atoms with Gasteiger partial charge in [-0.3, -0.25) is 0 Å². The molecule has 0 radical (unpaired) electrons. The summed E-state index contributed by atoms with van der Waals surface area (Å²) in [7, 11) is 0. The first kappa shape index (κ1) is 46.8. The van der Waals surface area contributed by atoms with E-state index in [1.807, 2.05) is 4.90 Å². The molecule has 0 saturated heterocycles. The lowest BCUT2D eigenvalue weighted by atomic mass is 9.47. The lowest BCUT2D eigenvalue weighted by molar-refractivity contribution is -0.0594. The van der Waals surface area contributed by atoms with Gasteiger partial charge in [0.25, 0.3) is 0 Å². The number of hydrogen-bond acceptors (Lipinski definition) is 5. The first-order valence-electron chi connectivity index (χ1n) is 19.7. The zero-order valence-electron chi connectivity index (χ0n) is 32.4. The number of hydrogen-bond donors (Lipinski definition) is 3. The van der Waals surface area contributed by atoms with Gasteiger partial charge >= 0.3 is 6.09 Å². The minimum atomic E-state index is -0.138. The third-order valence-corrected chi connectivity index (χ3v) is 13.6. The second-order valence-corrected chi connectivity index (χ2v) is 17.6. The minimum absolute atomic E-state index is 0. The molecule has 0 aliphatic heterocycles. The summed E-state index contributed by atoms with van der Waals surface area (Å²) in [4.78, 5) is 15.5. The zero-order valence-corrected chi connectivity index (χ0v) is 34.8. The van der Waals surface area contributed by atoms with Crippen LogP contribution in [0.3, 0.4) is 0 Å². The van der Waals surface area contributed by atoms with Crippen molar-refractivity contribution in [2.75, 3.05) is 39.3 Å². The Hall–Kier alpha value is -0.240. The molecule has 4 aliphatic rings. The van der Waals surface area contributed by atoms with Gasteiger partial charge in [0, 0.05) is 19.5 Å². The van der Waals surface area contributed by atoms with Crippen molar-refractivity contribution in [2.24, 2.45) is 69.6 Å². The second-order valence-electron chi connectivity index (χ2n) is 17.6. The predicted octanol–water partition coefficient (Wildman–Crippen LogP) is 9.66. The maximum atomic E-state index is 13.5. The summed E-state index contributed by atoms with van der Waals surface area (Å²) >= 11 is 0. The number of ether oxygens (including phenoxy) is 1. The van der Waals surface area contributed by atoms with Gasteiger partial charge in [-0.15, -0.1) is 37.2 Å². The molecule has 0 spiro atoms. The quantitative estimate of drug-likeness (QED) is 0.102. The number of nitrogens with one attached hydrogen (secondary N) is 1. The predicted molar refractivity (Wildman–Crippen MR) is 215 cm³/mol. The lowest BCUT2D eigenvalue weighted by Gasteiger charge is -2.58. The van der Waals surface area contributed by atoms with Gasteiger partial charge in [0.1, 0.15) is 6.10 Å². The third-order valence-electron chi connectivity index (χ3n) is 13.6. The Morgan fingerprint density at radius 2 is 1.63 bits per heavy atom. The van der Waals surface area contributed by atoms with E-state index in [-0.39, 0.29) is 60.8 Å². The number of nitrogens with two attached hydrogens (primary N) is 2. The number of rotatable bonds is 17. The summed E-state index contributed by atoms with van der Waals surface area (Å²) in [5.74, 6) is 5.84. The van der Waals surface area contributed by atoms with Crippen molar-refractivity contribution in [3.8, 4) is 0 Å². The van der Waals surface area contributed by atoms with Crippen molar-refractivity contribution in [1.82, 2.24) is 10.2 Å². The molecule has 2 unspecified atom stereocenters. The number of halogens is 3. The Balaban J connectivity index is 0.00000400.